The quantitative estimate of drug-likeness (QED) is 0.479. The maximum absolute atomic E-state index is 9.70. The van der Waals surface area contributed by atoms with E-state index in [2.05, 4.69) is 21.5 Å². The number of hydrogen-bond acceptors (Lipinski definition) is 8. The maximum Gasteiger partial charge on any atom is 0.245 e. The summed E-state index contributed by atoms with van der Waals surface area (Å²) in [5.74, 6) is 2.39. The molecule has 10 heteroatoms. The summed E-state index contributed by atoms with van der Waals surface area (Å²) in [6.45, 7) is 0.884. The lowest BCUT2D eigenvalue weighted by Crippen LogP contribution is -2.34. The lowest BCUT2D eigenvalue weighted by atomic mass is 10.2. The largest absolute Gasteiger partial charge is 0.497 e. The summed E-state index contributed by atoms with van der Waals surface area (Å²) in [5, 5.41) is 26.9. The highest BCUT2D eigenvalue weighted by molar-refractivity contribution is 5.73. The van der Waals surface area contributed by atoms with E-state index in [1.165, 1.54) is 0 Å². The second-order valence-corrected chi connectivity index (χ2v) is 7.59. The van der Waals surface area contributed by atoms with Gasteiger partial charge in [0.15, 0.2) is 5.82 Å². The molecule has 10 nitrogen and oxygen atoms in total. The Kier molecular flexibility index (Phi) is 5.09. The van der Waals surface area contributed by atoms with E-state index in [1.54, 1.807) is 30.1 Å². The van der Waals surface area contributed by atoms with E-state index < -0.39 is 0 Å². The van der Waals surface area contributed by atoms with Gasteiger partial charge >= 0.3 is 0 Å². The molecule has 0 amide bonds. The Morgan fingerprint density at radius 3 is 3.06 bits per heavy atom. The van der Waals surface area contributed by atoms with Crippen LogP contribution in [0.1, 0.15) is 18.4 Å². The van der Waals surface area contributed by atoms with Crippen LogP contribution in [-0.2, 0) is 0 Å². The van der Waals surface area contributed by atoms with Crippen molar-refractivity contribution in [3.63, 3.8) is 0 Å². The van der Waals surface area contributed by atoms with Crippen LogP contribution in [0.25, 0.3) is 11.2 Å². The summed E-state index contributed by atoms with van der Waals surface area (Å²) in [6.07, 6.45) is 7.27. The molecule has 4 heterocycles. The van der Waals surface area contributed by atoms with Gasteiger partial charge in [-0.2, -0.15) is 10.2 Å². The molecule has 2 N–H and O–H groups in total. The summed E-state index contributed by atoms with van der Waals surface area (Å²) in [6, 6.07) is 11.3. The fourth-order valence-electron chi connectivity index (χ4n) is 3.99. The van der Waals surface area contributed by atoms with Gasteiger partial charge in [0.2, 0.25) is 5.95 Å². The molecule has 0 aliphatic carbocycles. The number of nitrogens with zero attached hydrogens (tertiary/aromatic N) is 7. The number of rotatable bonds is 6. The van der Waals surface area contributed by atoms with Crippen LogP contribution in [0.3, 0.4) is 0 Å². The summed E-state index contributed by atoms with van der Waals surface area (Å²) in [4.78, 5) is 11.2. The van der Waals surface area contributed by atoms with Gasteiger partial charge in [-0.25, -0.2) is 9.50 Å². The zero-order valence-electron chi connectivity index (χ0n) is 17.5. The van der Waals surface area contributed by atoms with Crippen molar-refractivity contribution < 1.29 is 9.84 Å². The van der Waals surface area contributed by atoms with Crippen molar-refractivity contribution in [1.82, 2.24) is 24.1 Å². The van der Waals surface area contributed by atoms with Crippen molar-refractivity contribution in [2.75, 3.05) is 30.5 Å². The van der Waals surface area contributed by atoms with Gasteiger partial charge in [0, 0.05) is 18.8 Å². The minimum Gasteiger partial charge on any atom is -0.497 e. The van der Waals surface area contributed by atoms with E-state index in [0.29, 0.717) is 28.9 Å². The Bertz CT molecular complexity index is 1300. The standard InChI is InChI=1S/C22H22N8O2/c1-32-18-9-15(11-23)8-17(10-18)28-12-20(24-14-28)25-21-19-5-3-7-30(19)27-22(26-21)29-6-2-4-16(29)13-31/h3,5,7-10,12,14,16,31H,2,4,6,13H2,1H3,(H,25,26,27)/t16-/m0/s1. The average molecular weight is 430 g/mol. The Morgan fingerprint density at radius 2 is 2.25 bits per heavy atom. The number of aromatic nitrogens is 5. The summed E-state index contributed by atoms with van der Waals surface area (Å²) < 4.78 is 8.88. The average Bonchev–Trinajstić information content (AvgIpc) is 3.58. The Labute approximate surface area is 184 Å². The number of hydrogen-bond donors (Lipinski definition) is 2. The van der Waals surface area contributed by atoms with Gasteiger partial charge in [-0.15, -0.1) is 5.10 Å². The van der Waals surface area contributed by atoms with Gasteiger partial charge in [-0.05, 0) is 37.1 Å². The number of aliphatic hydroxyl groups is 1. The van der Waals surface area contributed by atoms with E-state index in [-0.39, 0.29) is 12.6 Å². The molecule has 3 aromatic heterocycles. The number of nitrogens with one attached hydrogen (secondary N) is 1. The number of nitriles is 1. The lowest BCUT2D eigenvalue weighted by Gasteiger charge is -2.23. The van der Waals surface area contributed by atoms with Gasteiger partial charge in [0.25, 0.3) is 0 Å². The second-order valence-electron chi connectivity index (χ2n) is 7.59. The highest BCUT2D eigenvalue weighted by Crippen LogP contribution is 2.27. The van der Waals surface area contributed by atoms with Crippen LogP contribution in [0.2, 0.25) is 0 Å². The van der Waals surface area contributed by atoms with E-state index >= 15 is 0 Å². The molecule has 1 saturated heterocycles. The summed E-state index contributed by atoms with van der Waals surface area (Å²) >= 11 is 0. The Balaban J connectivity index is 1.48. The van der Waals surface area contributed by atoms with Gasteiger partial charge in [-0.1, -0.05) is 0 Å². The van der Waals surface area contributed by atoms with Gasteiger partial charge in [0.1, 0.15) is 23.4 Å². The van der Waals surface area contributed by atoms with Gasteiger partial charge < -0.3 is 24.6 Å². The Morgan fingerprint density at radius 1 is 1.34 bits per heavy atom. The van der Waals surface area contributed by atoms with Crippen LogP contribution in [0.4, 0.5) is 17.6 Å². The van der Waals surface area contributed by atoms with Crippen LogP contribution in [0.15, 0.2) is 49.1 Å². The van der Waals surface area contributed by atoms with Crippen molar-refractivity contribution in [3.05, 3.63) is 54.6 Å². The summed E-state index contributed by atoms with van der Waals surface area (Å²) in [5.41, 5.74) is 2.08. The molecule has 1 aliphatic rings. The third-order valence-corrected chi connectivity index (χ3v) is 5.61. The molecule has 0 bridgehead atoms. The monoisotopic (exact) mass is 430 g/mol. The Hall–Kier alpha value is -4.10. The van der Waals surface area contributed by atoms with E-state index in [9.17, 15) is 10.4 Å². The van der Waals surface area contributed by atoms with Crippen molar-refractivity contribution in [2.45, 2.75) is 18.9 Å². The topological polar surface area (TPSA) is 117 Å². The molecule has 0 radical (unpaired) electrons. The zero-order valence-corrected chi connectivity index (χ0v) is 17.5. The number of imidazole rings is 1. The molecule has 0 spiro atoms. The molecule has 0 saturated carbocycles. The number of benzene rings is 1. The van der Waals surface area contributed by atoms with E-state index in [1.807, 2.05) is 40.1 Å². The number of anilines is 3. The van der Waals surface area contributed by atoms with Crippen LogP contribution in [0, 0.1) is 11.3 Å². The fourth-order valence-corrected chi connectivity index (χ4v) is 3.99. The fraction of sp³-hybridized carbons (Fsp3) is 0.273. The van der Waals surface area contributed by atoms with Crippen molar-refractivity contribution in [3.8, 4) is 17.5 Å². The first-order chi connectivity index (χ1) is 15.7. The third kappa shape index (κ3) is 3.59. The lowest BCUT2D eigenvalue weighted by molar-refractivity contribution is 0.265. The van der Waals surface area contributed by atoms with Gasteiger partial charge in [-0.3, -0.25) is 0 Å². The predicted molar refractivity (Wildman–Crippen MR) is 119 cm³/mol. The molecular weight excluding hydrogens is 408 g/mol. The first-order valence-electron chi connectivity index (χ1n) is 10.3. The van der Waals surface area contributed by atoms with Crippen molar-refractivity contribution in [2.24, 2.45) is 0 Å². The van der Waals surface area contributed by atoms with Gasteiger partial charge in [0.05, 0.1) is 43.3 Å². The predicted octanol–water partition coefficient (Wildman–Crippen LogP) is 2.50. The van der Waals surface area contributed by atoms with Crippen LogP contribution in [0.5, 0.6) is 5.75 Å². The smallest absolute Gasteiger partial charge is 0.245 e. The number of methoxy groups -OCH3 is 1. The number of ether oxygens (including phenoxy) is 1. The minimum atomic E-state index is 0.0254. The number of aliphatic hydroxyl groups excluding tert-OH is 1. The third-order valence-electron chi connectivity index (χ3n) is 5.61. The molecule has 4 aromatic rings. The normalized spacial score (nSPS) is 15.8. The molecule has 5 rings (SSSR count). The van der Waals surface area contributed by atoms with E-state index in [0.717, 1.165) is 30.6 Å². The molecule has 162 valence electrons. The van der Waals surface area contributed by atoms with Crippen LogP contribution in [-0.4, -0.2) is 55.6 Å². The zero-order chi connectivity index (χ0) is 22.1. The first-order valence-corrected chi connectivity index (χ1v) is 10.3. The molecule has 1 aliphatic heterocycles. The van der Waals surface area contributed by atoms with E-state index in [4.69, 9.17) is 9.72 Å². The highest BCUT2D eigenvalue weighted by atomic mass is 16.5. The molecule has 1 aromatic carbocycles. The maximum atomic E-state index is 9.70. The molecule has 1 atom stereocenters. The van der Waals surface area contributed by atoms with Crippen LogP contribution < -0.4 is 15.0 Å². The van der Waals surface area contributed by atoms with Crippen molar-refractivity contribution >= 4 is 23.1 Å². The number of fused-ring (bicyclic) bond motifs is 1. The molecular formula is C22H22N8O2. The second kappa shape index (κ2) is 8.20. The molecule has 0 unspecified atom stereocenters. The molecule has 1 fully saturated rings. The minimum absolute atomic E-state index is 0.0254. The SMILES string of the molecule is COc1cc(C#N)cc(-n2cnc(Nc3nc(N4CCC[C@H]4CO)nn4cccc34)c2)c1. The highest BCUT2D eigenvalue weighted by Gasteiger charge is 2.27. The summed E-state index contributed by atoms with van der Waals surface area (Å²) in [7, 11) is 1.57. The van der Waals surface area contributed by atoms with Crippen molar-refractivity contribution in [1.29, 1.82) is 5.26 Å². The molecule has 32 heavy (non-hydrogen) atoms. The first kappa shape index (κ1) is 19.8. The van der Waals surface area contributed by atoms with Crippen LogP contribution >= 0.6 is 0 Å².